The first kappa shape index (κ1) is 17.4. The molecule has 6 nitrogen and oxygen atoms in total. The van der Waals surface area contributed by atoms with E-state index in [-0.39, 0.29) is 17.9 Å². The molecule has 4 rings (SSSR count). The van der Waals surface area contributed by atoms with Crippen molar-refractivity contribution in [2.75, 3.05) is 0 Å². The quantitative estimate of drug-likeness (QED) is 0.759. The Morgan fingerprint density at radius 3 is 2.85 bits per heavy atom. The number of benzene rings is 1. The van der Waals surface area contributed by atoms with Gasteiger partial charge < -0.3 is 9.84 Å². The molecule has 0 saturated carbocycles. The van der Waals surface area contributed by atoms with Crippen LogP contribution >= 0.6 is 0 Å². The van der Waals surface area contributed by atoms with E-state index in [1.807, 2.05) is 26.8 Å². The minimum absolute atomic E-state index is 0.0199. The van der Waals surface area contributed by atoms with Gasteiger partial charge in [0.25, 0.3) is 5.91 Å². The lowest BCUT2D eigenvalue weighted by Gasteiger charge is -2.14. The van der Waals surface area contributed by atoms with Crippen molar-refractivity contribution in [3.8, 4) is 11.4 Å². The van der Waals surface area contributed by atoms with E-state index in [1.54, 1.807) is 18.3 Å². The number of aryl methyl sites for hydroxylation is 2. The van der Waals surface area contributed by atoms with Gasteiger partial charge in [0.05, 0.1) is 6.04 Å². The highest BCUT2D eigenvalue weighted by Crippen LogP contribution is 2.34. The van der Waals surface area contributed by atoms with Crippen LogP contribution in [0.1, 0.15) is 65.3 Å². The summed E-state index contributed by atoms with van der Waals surface area (Å²) in [5.74, 6) is 1.39. The third kappa shape index (κ3) is 3.47. The van der Waals surface area contributed by atoms with Crippen LogP contribution in [0.25, 0.3) is 11.4 Å². The maximum absolute atomic E-state index is 12.5. The average molecular weight is 362 g/mol. The van der Waals surface area contributed by atoms with Crippen LogP contribution in [-0.4, -0.2) is 21.0 Å². The number of carbonyl (C=O) groups excluding carboxylic acids is 1. The third-order valence-electron chi connectivity index (χ3n) is 4.88. The normalized spacial score (nSPS) is 15.8. The number of carbonyl (C=O) groups is 1. The highest BCUT2D eigenvalue weighted by molar-refractivity contribution is 5.94. The summed E-state index contributed by atoms with van der Waals surface area (Å²) in [6.07, 6.45) is 3.46. The van der Waals surface area contributed by atoms with Crippen molar-refractivity contribution >= 4 is 5.91 Å². The van der Waals surface area contributed by atoms with Crippen LogP contribution in [0.3, 0.4) is 0 Å². The Balaban J connectivity index is 1.53. The average Bonchev–Trinajstić information content (AvgIpc) is 3.29. The molecule has 0 saturated heterocycles. The van der Waals surface area contributed by atoms with Crippen LogP contribution in [0.5, 0.6) is 0 Å². The maximum Gasteiger partial charge on any atom is 0.251 e. The van der Waals surface area contributed by atoms with Gasteiger partial charge in [0, 0.05) is 28.9 Å². The second-order valence-corrected chi connectivity index (χ2v) is 7.28. The molecule has 0 fully saturated rings. The molecule has 0 aliphatic heterocycles. The minimum atomic E-state index is -0.0674. The van der Waals surface area contributed by atoms with Crippen molar-refractivity contribution in [2.45, 2.75) is 45.6 Å². The smallest absolute Gasteiger partial charge is 0.251 e. The van der Waals surface area contributed by atoms with Gasteiger partial charge >= 0.3 is 0 Å². The van der Waals surface area contributed by atoms with E-state index in [0.717, 1.165) is 29.7 Å². The van der Waals surface area contributed by atoms with Crippen molar-refractivity contribution in [3.63, 3.8) is 0 Å². The first-order chi connectivity index (χ1) is 13.0. The van der Waals surface area contributed by atoms with E-state index in [2.05, 4.69) is 32.6 Å². The summed E-state index contributed by atoms with van der Waals surface area (Å²) in [5, 5.41) is 7.23. The monoisotopic (exact) mass is 362 g/mol. The number of amides is 1. The first-order valence-corrected chi connectivity index (χ1v) is 9.21. The number of fused-ring (bicyclic) bond motifs is 1. The molecule has 0 spiro atoms. The third-order valence-corrected chi connectivity index (χ3v) is 4.88. The molecular formula is C21H22N4O2. The summed E-state index contributed by atoms with van der Waals surface area (Å²) in [7, 11) is 0. The van der Waals surface area contributed by atoms with Crippen molar-refractivity contribution in [1.29, 1.82) is 0 Å². The molecule has 0 unspecified atom stereocenters. The molecule has 1 amide bonds. The molecule has 1 aliphatic rings. The standard InChI is InChI=1S/C21H22N4O2/c1-12(2)21-24-19(25-27-21)15-4-6-17-14(11-15)5-7-18(17)23-20(26)16-8-9-22-13(3)10-16/h4,6,8-12,18H,5,7H2,1-3H3,(H,23,26)/t18-/m1/s1. The van der Waals surface area contributed by atoms with Crippen LogP contribution in [0.4, 0.5) is 0 Å². The number of hydrogen-bond acceptors (Lipinski definition) is 5. The van der Waals surface area contributed by atoms with Crippen molar-refractivity contribution in [1.82, 2.24) is 20.4 Å². The predicted molar refractivity (Wildman–Crippen MR) is 101 cm³/mol. The second kappa shape index (κ2) is 6.95. The Labute approximate surface area is 158 Å². The van der Waals surface area contributed by atoms with Gasteiger partial charge in [0.2, 0.25) is 11.7 Å². The zero-order valence-electron chi connectivity index (χ0n) is 15.7. The molecule has 27 heavy (non-hydrogen) atoms. The molecule has 1 aromatic carbocycles. The minimum Gasteiger partial charge on any atom is -0.345 e. The zero-order valence-corrected chi connectivity index (χ0v) is 15.7. The zero-order chi connectivity index (χ0) is 19.0. The maximum atomic E-state index is 12.5. The van der Waals surface area contributed by atoms with Gasteiger partial charge in [-0.25, -0.2) is 0 Å². The summed E-state index contributed by atoms with van der Waals surface area (Å²) < 4.78 is 5.31. The lowest BCUT2D eigenvalue weighted by Crippen LogP contribution is -2.27. The summed E-state index contributed by atoms with van der Waals surface area (Å²) in [6, 6.07) is 9.72. The Hall–Kier alpha value is -3.02. The molecule has 0 radical (unpaired) electrons. The number of nitrogens with one attached hydrogen (secondary N) is 1. The van der Waals surface area contributed by atoms with E-state index in [1.165, 1.54) is 5.56 Å². The summed E-state index contributed by atoms with van der Waals surface area (Å²) in [5.41, 5.74) is 4.80. The molecule has 1 atom stereocenters. The van der Waals surface area contributed by atoms with Crippen LogP contribution < -0.4 is 5.32 Å². The summed E-state index contributed by atoms with van der Waals surface area (Å²) >= 11 is 0. The van der Waals surface area contributed by atoms with Gasteiger partial charge in [0.15, 0.2) is 0 Å². The van der Waals surface area contributed by atoms with Crippen molar-refractivity contribution < 1.29 is 9.32 Å². The molecule has 1 N–H and O–H groups in total. The van der Waals surface area contributed by atoms with Crippen molar-refractivity contribution in [2.24, 2.45) is 0 Å². The number of hydrogen-bond donors (Lipinski definition) is 1. The van der Waals surface area contributed by atoms with Crippen LogP contribution in [0.15, 0.2) is 41.1 Å². The van der Waals surface area contributed by atoms with E-state index in [9.17, 15) is 4.79 Å². The predicted octanol–water partition coefficient (Wildman–Crippen LogP) is 3.98. The highest BCUT2D eigenvalue weighted by Gasteiger charge is 2.25. The lowest BCUT2D eigenvalue weighted by molar-refractivity contribution is 0.0936. The molecule has 138 valence electrons. The molecule has 6 heteroatoms. The SMILES string of the molecule is Cc1cc(C(=O)N[C@@H]2CCc3cc(-c4noc(C(C)C)n4)ccc32)ccn1. The van der Waals surface area contributed by atoms with Gasteiger partial charge in [-0.3, -0.25) is 9.78 Å². The van der Waals surface area contributed by atoms with Crippen LogP contribution in [0.2, 0.25) is 0 Å². The van der Waals surface area contributed by atoms with E-state index < -0.39 is 0 Å². The summed E-state index contributed by atoms with van der Waals surface area (Å²) in [4.78, 5) is 21.2. The molecular weight excluding hydrogens is 340 g/mol. The fourth-order valence-electron chi connectivity index (χ4n) is 3.42. The fraction of sp³-hybridized carbons (Fsp3) is 0.333. The van der Waals surface area contributed by atoms with Gasteiger partial charge in [-0.05, 0) is 49.1 Å². The van der Waals surface area contributed by atoms with Crippen molar-refractivity contribution in [3.05, 3.63) is 64.8 Å². The topological polar surface area (TPSA) is 80.9 Å². The summed E-state index contributed by atoms with van der Waals surface area (Å²) in [6.45, 7) is 5.93. The Bertz CT molecular complexity index is 993. The molecule has 3 aromatic rings. The molecule has 0 bridgehead atoms. The number of aromatic nitrogens is 3. The number of rotatable bonds is 4. The molecule has 2 heterocycles. The van der Waals surface area contributed by atoms with Crippen LogP contribution in [0, 0.1) is 6.92 Å². The van der Waals surface area contributed by atoms with E-state index >= 15 is 0 Å². The molecule has 1 aliphatic carbocycles. The fourth-order valence-corrected chi connectivity index (χ4v) is 3.42. The number of pyridine rings is 1. The highest BCUT2D eigenvalue weighted by atomic mass is 16.5. The second-order valence-electron chi connectivity index (χ2n) is 7.28. The Morgan fingerprint density at radius 1 is 1.26 bits per heavy atom. The largest absolute Gasteiger partial charge is 0.345 e. The Kier molecular flexibility index (Phi) is 4.48. The van der Waals surface area contributed by atoms with Crippen LogP contribution in [-0.2, 0) is 6.42 Å². The first-order valence-electron chi connectivity index (χ1n) is 9.21. The number of nitrogens with zero attached hydrogens (tertiary/aromatic N) is 3. The van der Waals surface area contributed by atoms with Gasteiger partial charge in [-0.15, -0.1) is 0 Å². The van der Waals surface area contributed by atoms with Gasteiger partial charge in [0.1, 0.15) is 0 Å². The van der Waals surface area contributed by atoms with E-state index in [0.29, 0.717) is 17.3 Å². The van der Waals surface area contributed by atoms with E-state index in [4.69, 9.17) is 4.52 Å². The molecule has 2 aromatic heterocycles. The van der Waals surface area contributed by atoms with Gasteiger partial charge in [-0.2, -0.15) is 4.98 Å². The van der Waals surface area contributed by atoms with Gasteiger partial charge in [-0.1, -0.05) is 31.1 Å². The lowest BCUT2D eigenvalue weighted by atomic mass is 10.0. The Morgan fingerprint density at radius 2 is 2.11 bits per heavy atom.